The fraction of sp³-hybridized carbons (Fsp3) is 0. The molecule has 0 bridgehead atoms. The summed E-state index contributed by atoms with van der Waals surface area (Å²) in [7, 11) is 0. The Morgan fingerprint density at radius 3 is 1.31 bits per heavy atom. The van der Waals surface area contributed by atoms with Crippen LogP contribution in [0.15, 0.2) is 249 Å². The Balaban J connectivity index is 0.969. The number of fused-ring (bicyclic) bond motifs is 6. The predicted molar refractivity (Wildman–Crippen MR) is 281 cm³/mol. The number of aromatic nitrogens is 5. The molecular formula is C63H41N5. The van der Waals surface area contributed by atoms with Crippen molar-refractivity contribution in [2.45, 2.75) is 0 Å². The van der Waals surface area contributed by atoms with E-state index in [1.54, 1.807) is 0 Å². The minimum atomic E-state index is 0.679. The highest BCUT2D eigenvalue weighted by Crippen LogP contribution is 2.46. The monoisotopic (exact) mass is 867 g/mol. The zero-order chi connectivity index (χ0) is 45.0. The summed E-state index contributed by atoms with van der Waals surface area (Å²) in [5.74, 6) is 0.679. The third kappa shape index (κ3) is 6.59. The van der Waals surface area contributed by atoms with Gasteiger partial charge in [-0.1, -0.05) is 218 Å². The first-order chi connectivity index (χ1) is 33.7. The standard InChI is InChI=1S/C63H41N5/c1-5-19-44(20-6-1)59-60(46-21-7-2-8-22-46)66-68-61(47-23-9-3-10-24-47)58(52-29-13-14-30-53(52)62(59)68)45-35-33-42(34-36-45)54-41-55(65-63(64-54)48-25-11-4-12-26-48)43-37-39-49(40-38-43)67-56-31-17-15-27-50(56)51-28-16-18-32-57(51)67/h1-41H. The molecule has 9 aromatic carbocycles. The molecule has 5 heteroatoms. The second kappa shape index (κ2) is 16.4. The highest BCUT2D eigenvalue weighted by Gasteiger charge is 2.25. The molecule has 4 aromatic heterocycles. The molecule has 318 valence electrons. The molecule has 68 heavy (non-hydrogen) atoms. The first-order valence-corrected chi connectivity index (χ1v) is 23.0. The van der Waals surface area contributed by atoms with Crippen LogP contribution in [0.1, 0.15) is 0 Å². The van der Waals surface area contributed by atoms with Gasteiger partial charge in [-0.3, -0.25) is 0 Å². The molecule has 0 saturated heterocycles. The minimum absolute atomic E-state index is 0.679. The molecule has 0 aliphatic heterocycles. The van der Waals surface area contributed by atoms with Crippen molar-refractivity contribution < 1.29 is 0 Å². The highest BCUT2D eigenvalue weighted by atomic mass is 15.2. The second-order valence-electron chi connectivity index (χ2n) is 17.2. The van der Waals surface area contributed by atoms with Crippen molar-refractivity contribution in [3.63, 3.8) is 0 Å². The topological polar surface area (TPSA) is 48.0 Å². The van der Waals surface area contributed by atoms with Crippen LogP contribution in [0.5, 0.6) is 0 Å². The number of hydrogen-bond donors (Lipinski definition) is 0. The van der Waals surface area contributed by atoms with Crippen LogP contribution in [0, 0.1) is 0 Å². The van der Waals surface area contributed by atoms with Gasteiger partial charge in [-0.25, -0.2) is 14.5 Å². The molecule has 0 radical (unpaired) electrons. The van der Waals surface area contributed by atoms with Crippen molar-refractivity contribution in [1.29, 1.82) is 0 Å². The van der Waals surface area contributed by atoms with Gasteiger partial charge in [-0.15, -0.1) is 0 Å². The average molecular weight is 868 g/mol. The third-order valence-corrected chi connectivity index (χ3v) is 13.2. The Bertz CT molecular complexity index is 3920. The van der Waals surface area contributed by atoms with E-state index >= 15 is 0 Å². The van der Waals surface area contributed by atoms with E-state index in [0.29, 0.717) is 5.82 Å². The molecule has 0 amide bonds. The third-order valence-electron chi connectivity index (χ3n) is 13.2. The molecule has 13 rings (SSSR count). The van der Waals surface area contributed by atoms with E-state index in [-0.39, 0.29) is 0 Å². The summed E-state index contributed by atoms with van der Waals surface area (Å²) in [5.41, 5.74) is 17.8. The van der Waals surface area contributed by atoms with Gasteiger partial charge >= 0.3 is 0 Å². The van der Waals surface area contributed by atoms with Crippen LogP contribution < -0.4 is 0 Å². The summed E-state index contributed by atoms with van der Waals surface area (Å²) in [6, 6.07) is 87.9. The normalized spacial score (nSPS) is 11.5. The van der Waals surface area contributed by atoms with Gasteiger partial charge in [0.2, 0.25) is 0 Å². The smallest absolute Gasteiger partial charge is 0.160 e. The lowest BCUT2D eigenvalue weighted by Crippen LogP contribution is -2.00. The molecule has 0 spiro atoms. The molecular weight excluding hydrogens is 827 g/mol. The summed E-state index contributed by atoms with van der Waals surface area (Å²) in [5, 5.41) is 10.3. The van der Waals surface area contributed by atoms with Gasteiger partial charge in [0.05, 0.1) is 33.6 Å². The maximum Gasteiger partial charge on any atom is 0.160 e. The van der Waals surface area contributed by atoms with Crippen LogP contribution in [0.4, 0.5) is 0 Å². The Labute approximate surface area is 393 Å². The molecule has 0 atom stereocenters. The van der Waals surface area contributed by atoms with Gasteiger partial charge in [-0.2, -0.15) is 5.10 Å². The Hall–Kier alpha value is -9.19. The van der Waals surface area contributed by atoms with Gasteiger partial charge in [-0.05, 0) is 46.8 Å². The Kier molecular flexibility index (Phi) is 9.43. The van der Waals surface area contributed by atoms with E-state index in [2.05, 4.69) is 240 Å². The van der Waals surface area contributed by atoms with Gasteiger partial charge in [0.1, 0.15) is 5.69 Å². The van der Waals surface area contributed by atoms with Crippen LogP contribution in [-0.4, -0.2) is 24.1 Å². The van der Waals surface area contributed by atoms with Crippen LogP contribution in [0.3, 0.4) is 0 Å². The summed E-state index contributed by atoms with van der Waals surface area (Å²) in [4.78, 5) is 10.4. The van der Waals surface area contributed by atoms with E-state index in [4.69, 9.17) is 15.1 Å². The molecule has 0 aliphatic rings. The molecule has 5 nitrogen and oxygen atoms in total. The lowest BCUT2D eigenvalue weighted by Gasteiger charge is -2.18. The first kappa shape index (κ1) is 39.2. The van der Waals surface area contributed by atoms with Crippen molar-refractivity contribution in [2.75, 3.05) is 0 Å². The zero-order valence-corrected chi connectivity index (χ0v) is 36.9. The van der Waals surface area contributed by atoms with E-state index in [9.17, 15) is 0 Å². The Morgan fingerprint density at radius 2 is 0.735 bits per heavy atom. The van der Waals surface area contributed by atoms with Crippen molar-refractivity contribution in [3.8, 4) is 84.4 Å². The van der Waals surface area contributed by atoms with Gasteiger partial charge in [0, 0.05) is 60.8 Å². The number of benzene rings is 9. The molecule has 0 unspecified atom stereocenters. The molecule has 0 aliphatic carbocycles. The quantitative estimate of drug-likeness (QED) is 0.153. The molecule has 0 N–H and O–H groups in total. The number of para-hydroxylation sites is 2. The maximum atomic E-state index is 5.56. The number of nitrogens with zero attached hydrogens (tertiary/aromatic N) is 5. The summed E-state index contributed by atoms with van der Waals surface area (Å²) >= 11 is 0. The van der Waals surface area contributed by atoms with Crippen LogP contribution in [0.2, 0.25) is 0 Å². The molecule has 13 aromatic rings. The zero-order valence-electron chi connectivity index (χ0n) is 36.9. The number of pyridine rings is 1. The lowest BCUT2D eigenvalue weighted by molar-refractivity contribution is 0.981. The summed E-state index contributed by atoms with van der Waals surface area (Å²) < 4.78 is 4.54. The van der Waals surface area contributed by atoms with Crippen LogP contribution >= 0.6 is 0 Å². The summed E-state index contributed by atoms with van der Waals surface area (Å²) in [6.45, 7) is 0. The van der Waals surface area contributed by atoms with Crippen LogP contribution in [0.25, 0.3) is 122 Å². The van der Waals surface area contributed by atoms with Crippen molar-refractivity contribution >= 4 is 38.1 Å². The highest BCUT2D eigenvalue weighted by molar-refractivity contribution is 6.15. The largest absolute Gasteiger partial charge is 0.309 e. The maximum absolute atomic E-state index is 5.56. The fourth-order valence-corrected chi connectivity index (χ4v) is 10.0. The van der Waals surface area contributed by atoms with E-state index in [0.717, 1.165) is 94.8 Å². The Morgan fingerprint density at radius 1 is 0.309 bits per heavy atom. The van der Waals surface area contributed by atoms with Crippen LogP contribution in [-0.2, 0) is 0 Å². The average Bonchev–Trinajstić information content (AvgIpc) is 3.99. The predicted octanol–water partition coefficient (Wildman–Crippen LogP) is 16.0. The van der Waals surface area contributed by atoms with Crippen molar-refractivity contribution in [1.82, 2.24) is 24.1 Å². The summed E-state index contributed by atoms with van der Waals surface area (Å²) in [6.07, 6.45) is 0. The molecule has 4 heterocycles. The fourth-order valence-electron chi connectivity index (χ4n) is 10.0. The number of rotatable bonds is 8. The second-order valence-corrected chi connectivity index (χ2v) is 17.2. The van der Waals surface area contributed by atoms with Gasteiger partial charge in [0.25, 0.3) is 0 Å². The minimum Gasteiger partial charge on any atom is -0.309 e. The molecule has 0 fully saturated rings. The van der Waals surface area contributed by atoms with Gasteiger partial charge < -0.3 is 4.57 Å². The van der Waals surface area contributed by atoms with Crippen molar-refractivity contribution in [2.24, 2.45) is 0 Å². The number of hydrogen-bond acceptors (Lipinski definition) is 3. The van der Waals surface area contributed by atoms with E-state index < -0.39 is 0 Å². The van der Waals surface area contributed by atoms with Gasteiger partial charge in [0.15, 0.2) is 5.82 Å². The van der Waals surface area contributed by atoms with Crippen molar-refractivity contribution in [3.05, 3.63) is 249 Å². The SMILES string of the molecule is c1ccc(-c2nc(-c3ccc(-c4c(-c5ccccc5)n5nc(-c6ccccc6)c(-c6ccccc6)c5c5ccccc45)cc3)cc(-c3ccc(-n4c5ccccc5c5ccccc54)cc3)n2)cc1. The van der Waals surface area contributed by atoms with E-state index in [1.165, 1.54) is 21.8 Å². The molecule has 0 saturated carbocycles. The lowest BCUT2D eigenvalue weighted by atomic mass is 9.91. The first-order valence-electron chi connectivity index (χ1n) is 23.0. The van der Waals surface area contributed by atoms with E-state index in [1.807, 2.05) is 18.2 Å².